The summed E-state index contributed by atoms with van der Waals surface area (Å²) < 4.78 is 2.01. The summed E-state index contributed by atoms with van der Waals surface area (Å²) in [6, 6.07) is 8.56. The Morgan fingerprint density at radius 2 is 2.00 bits per heavy atom. The third-order valence-corrected chi connectivity index (χ3v) is 4.87. The molecule has 0 radical (unpaired) electrons. The Bertz CT molecular complexity index is 565. The van der Waals surface area contributed by atoms with Crippen molar-refractivity contribution in [2.45, 2.75) is 51.2 Å². The molecule has 0 bridgehead atoms. The number of rotatable bonds is 7. The molecule has 0 spiro atoms. The third-order valence-electron chi connectivity index (χ3n) is 4.87. The summed E-state index contributed by atoms with van der Waals surface area (Å²) in [4.78, 5) is 4.07. The average Bonchev–Trinajstić information content (AvgIpc) is 3.11. The maximum absolute atomic E-state index is 9.98. The van der Waals surface area contributed by atoms with E-state index in [4.69, 9.17) is 0 Å². The van der Waals surface area contributed by atoms with E-state index in [1.54, 1.807) is 6.20 Å². The minimum atomic E-state index is -0.0560. The first kappa shape index (κ1) is 16.2. The summed E-state index contributed by atoms with van der Waals surface area (Å²) in [7, 11) is 0. The third kappa shape index (κ3) is 4.66. The number of nitrogens with zero attached hydrogens (tertiary/aromatic N) is 2. The van der Waals surface area contributed by atoms with E-state index in [0.717, 1.165) is 38.0 Å². The topological polar surface area (TPSA) is 50.1 Å². The van der Waals surface area contributed by atoms with Crippen molar-refractivity contribution in [2.24, 2.45) is 5.92 Å². The van der Waals surface area contributed by atoms with Crippen LogP contribution in [0.15, 0.2) is 43.0 Å². The van der Waals surface area contributed by atoms with Gasteiger partial charge in [-0.1, -0.05) is 25.0 Å². The van der Waals surface area contributed by atoms with Gasteiger partial charge in [0.25, 0.3) is 0 Å². The molecule has 1 fully saturated rings. The molecule has 1 aromatic heterocycles. The first-order chi connectivity index (χ1) is 11.3. The number of benzene rings is 1. The first-order valence-electron chi connectivity index (χ1n) is 8.79. The number of hydrogen-bond donors (Lipinski definition) is 2. The fraction of sp³-hybridized carbons (Fsp3) is 0.526. The standard InChI is InChI=1S/C19H27N3O/c23-19-6-2-1-4-17(19)5-3-11-20-14-16-7-9-18(10-8-16)22-13-12-21-15-22/h7-10,12-13,15,17,19-20,23H,1-6,11,14H2. The molecule has 3 rings (SSSR count). The van der Waals surface area contributed by atoms with E-state index < -0.39 is 0 Å². The summed E-state index contributed by atoms with van der Waals surface area (Å²) in [5.41, 5.74) is 2.43. The molecule has 124 valence electrons. The zero-order chi connectivity index (χ0) is 15.9. The van der Waals surface area contributed by atoms with Crippen LogP contribution in [0, 0.1) is 5.92 Å². The monoisotopic (exact) mass is 313 g/mol. The van der Waals surface area contributed by atoms with Gasteiger partial charge in [-0.3, -0.25) is 0 Å². The molecule has 1 saturated carbocycles. The Labute approximate surface area is 138 Å². The average molecular weight is 313 g/mol. The van der Waals surface area contributed by atoms with Crippen LogP contribution in [0.5, 0.6) is 0 Å². The summed E-state index contributed by atoms with van der Waals surface area (Å²) in [6.45, 7) is 1.92. The Morgan fingerprint density at radius 1 is 1.17 bits per heavy atom. The number of aliphatic hydroxyl groups excluding tert-OH is 1. The summed E-state index contributed by atoms with van der Waals surface area (Å²) in [6.07, 6.45) is 12.5. The van der Waals surface area contributed by atoms with Crippen molar-refractivity contribution in [3.8, 4) is 5.69 Å². The minimum Gasteiger partial charge on any atom is -0.393 e. The number of imidazole rings is 1. The molecule has 0 saturated heterocycles. The van der Waals surface area contributed by atoms with E-state index in [9.17, 15) is 5.11 Å². The van der Waals surface area contributed by atoms with E-state index in [1.807, 2.05) is 17.1 Å². The lowest BCUT2D eigenvalue weighted by atomic mass is 9.83. The molecular weight excluding hydrogens is 286 g/mol. The fourth-order valence-electron chi connectivity index (χ4n) is 3.44. The molecule has 2 unspecified atom stereocenters. The molecular formula is C19H27N3O. The van der Waals surface area contributed by atoms with Gasteiger partial charge in [-0.05, 0) is 55.8 Å². The molecule has 1 heterocycles. The van der Waals surface area contributed by atoms with E-state index in [1.165, 1.54) is 24.8 Å². The summed E-state index contributed by atoms with van der Waals surface area (Å²) >= 11 is 0. The SMILES string of the molecule is OC1CCCCC1CCCNCc1ccc(-n2ccnc2)cc1. The van der Waals surface area contributed by atoms with Gasteiger partial charge in [0.1, 0.15) is 0 Å². The van der Waals surface area contributed by atoms with Crippen LogP contribution in [0.25, 0.3) is 5.69 Å². The lowest BCUT2D eigenvalue weighted by molar-refractivity contribution is 0.0643. The van der Waals surface area contributed by atoms with E-state index in [-0.39, 0.29) is 6.10 Å². The van der Waals surface area contributed by atoms with Gasteiger partial charge in [-0.15, -0.1) is 0 Å². The van der Waals surface area contributed by atoms with Gasteiger partial charge in [0.15, 0.2) is 0 Å². The lowest BCUT2D eigenvalue weighted by Crippen LogP contribution is -2.25. The Morgan fingerprint density at radius 3 is 2.74 bits per heavy atom. The molecule has 23 heavy (non-hydrogen) atoms. The highest BCUT2D eigenvalue weighted by molar-refractivity contribution is 5.34. The molecule has 1 aliphatic rings. The van der Waals surface area contributed by atoms with Crippen LogP contribution in [0.2, 0.25) is 0 Å². The molecule has 0 amide bonds. The minimum absolute atomic E-state index is 0.0560. The predicted octanol–water partition coefficient (Wildman–Crippen LogP) is 3.29. The molecule has 1 aliphatic carbocycles. The van der Waals surface area contributed by atoms with Gasteiger partial charge >= 0.3 is 0 Å². The van der Waals surface area contributed by atoms with E-state index >= 15 is 0 Å². The van der Waals surface area contributed by atoms with Crippen LogP contribution in [0.4, 0.5) is 0 Å². The van der Waals surface area contributed by atoms with Gasteiger partial charge in [-0.2, -0.15) is 0 Å². The van der Waals surface area contributed by atoms with Crippen molar-refractivity contribution in [3.05, 3.63) is 48.5 Å². The lowest BCUT2D eigenvalue weighted by Gasteiger charge is -2.27. The maximum atomic E-state index is 9.98. The number of aromatic nitrogens is 2. The van der Waals surface area contributed by atoms with Gasteiger partial charge < -0.3 is 15.0 Å². The highest BCUT2D eigenvalue weighted by Gasteiger charge is 2.21. The molecule has 4 nitrogen and oxygen atoms in total. The van der Waals surface area contributed by atoms with E-state index in [0.29, 0.717) is 5.92 Å². The predicted molar refractivity (Wildman–Crippen MR) is 92.5 cm³/mol. The highest BCUT2D eigenvalue weighted by atomic mass is 16.3. The molecule has 4 heteroatoms. The fourth-order valence-corrected chi connectivity index (χ4v) is 3.44. The van der Waals surface area contributed by atoms with Crippen molar-refractivity contribution < 1.29 is 5.11 Å². The van der Waals surface area contributed by atoms with Crippen molar-refractivity contribution in [3.63, 3.8) is 0 Å². The van der Waals surface area contributed by atoms with Crippen LogP contribution in [0.3, 0.4) is 0 Å². The first-order valence-corrected chi connectivity index (χ1v) is 8.79. The van der Waals surface area contributed by atoms with E-state index in [2.05, 4.69) is 34.6 Å². The number of nitrogens with one attached hydrogen (secondary N) is 1. The van der Waals surface area contributed by atoms with Crippen molar-refractivity contribution in [1.82, 2.24) is 14.9 Å². The largest absolute Gasteiger partial charge is 0.393 e. The zero-order valence-electron chi connectivity index (χ0n) is 13.7. The maximum Gasteiger partial charge on any atom is 0.0991 e. The second kappa shape index (κ2) is 8.27. The van der Waals surface area contributed by atoms with Crippen molar-refractivity contribution in [2.75, 3.05) is 6.54 Å². The summed E-state index contributed by atoms with van der Waals surface area (Å²) in [5, 5.41) is 13.5. The van der Waals surface area contributed by atoms with Gasteiger partial charge in [0, 0.05) is 24.6 Å². The second-order valence-corrected chi connectivity index (χ2v) is 6.57. The van der Waals surface area contributed by atoms with Gasteiger partial charge in [-0.25, -0.2) is 4.98 Å². The Balaban J connectivity index is 1.36. The van der Waals surface area contributed by atoms with Crippen LogP contribution >= 0.6 is 0 Å². The number of aliphatic hydroxyl groups is 1. The van der Waals surface area contributed by atoms with Crippen molar-refractivity contribution >= 4 is 0 Å². The summed E-state index contributed by atoms with van der Waals surface area (Å²) in [5.74, 6) is 0.528. The van der Waals surface area contributed by atoms with Gasteiger partial charge in [0.05, 0.1) is 12.4 Å². The molecule has 2 aromatic rings. The van der Waals surface area contributed by atoms with Crippen LogP contribution in [-0.4, -0.2) is 27.3 Å². The molecule has 1 aromatic carbocycles. The quantitative estimate of drug-likeness (QED) is 0.771. The second-order valence-electron chi connectivity index (χ2n) is 6.57. The Hall–Kier alpha value is -1.65. The smallest absolute Gasteiger partial charge is 0.0991 e. The highest BCUT2D eigenvalue weighted by Crippen LogP contribution is 2.27. The van der Waals surface area contributed by atoms with Crippen LogP contribution in [-0.2, 0) is 6.54 Å². The van der Waals surface area contributed by atoms with Gasteiger partial charge in [0.2, 0.25) is 0 Å². The zero-order valence-corrected chi connectivity index (χ0v) is 13.7. The van der Waals surface area contributed by atoms with Crippen LogP contribution in [0.1, 0.15) is 44.1 Å². The Kier molecular flexibility index (Phi) is 5.83. The molecule has 0 aliphatic heterocycles. The van der Waals surface area contributed by atoms with Crippen molar-refractivity contribution in [1.29, 1.82) is 0 Å². The normalized spacial score (nSPS) is 21.4. The number of hydrogen-bond acceptors (Lipinski definition) is 3. The molecule has 2 atom stereocenters. The van der Waals surface area contributed by atoms with Crippen LogP contribution < -0.4 is 5.32 Å². The molecule has 2 N–H and O–H groups in total.